The van der Waals surface area contributed by atoms with E-state index in [-0.39, 0.29) is 5.91 Å². The molecule has 8 heteroatoms. The van der Waals surface area contributed by atoms with Crippen LogP contribution in [-0.4, -0.2) is 38.4 Å². The van der Waals surface area contributed by atoms with E-state index >= 15 is 0 Å². The van der Waals surface area contributed by atoms with Crippen molar-refractivity contribution in [1.29, 1.82) is 0 Å². The highest BCUT2D eigenvalue weighted by Crippen LogP contribution is 2.15. The van der Waals surface area contributed by atoms with E-state index in [9.17, 15) is 22.0 Å². The van der Waals surface area contributed by atoms with Gasteiger partial charge in [-0.15, -0.1) is 0 Å². The summed E-state index contributed by atoms with van der Waals surface area (Å²) in [6.45, 7) is 2.64. The Morgan fingerprint density at radius 1 is 1.24 bits per heavy atom. The topological polar surface area (TPSA) is 66.5 Å². The SMILES string of the molecule is CC(NS(=O)(=O)c1ccc(F)c(F)c1)C(=O)N1CCCC1. The molecule has 116 valence electrons. The van der Waals surface area contributed by atoms with Gasteiger partial charge in [0.05, 0.1) is 10.9 Å². The van der Waals surface area contributed by atoms with Gasteiger partial charge in [0.1, 0.15) is 0 Å². The highest BCUT2D eigenvalue weighted by atomic mass is 32.2. The van der Waals surface area contributed by atoms with Crippen LogP contribution in [0.3, 0.4) is 0 Å². The molecule has 2 rings (SSSR count). The van der Waals surface area contributed by atoms with E-state index < -0.39 is 32.6 Å². The van der Waals surface area contributed by atoms with Crippen LogP contribution in [0.2, 0.25) is 0 Å². The molecule has 5 nitrogen and oxygen atoms in total. The molecule has 1 aromatic rings. The number of carbonyl (C=O) groups is 1. The summed E-state index contributed by atoms with van der Waals surface area (Å²) in [5.41, 5.74) is 0. The quantitative estimate of drug-likeness (QED) is 0.909. The fourth-order valence-corrected chi connectivity index (χ4v) is 3.41. The van der Waals surface area contributed by atoms with E-state index in [2.05, 4.69) is 4.72 Å². The second-order valence-electron chi connectivity index (χ2n) is 4.95. The predicted octanol–water partition coefficient (Wildman–Crippen LogP) is 1.25. The summed E-state index contributed by atoms with van der Waals surface area (Å²) in [4.78, 5) is 13.2. The van der Waals surface area contributed by atoms with E-state index in [1.54, 1.807) is 4.90 Å². The van der Waals surface area contributed by atoms with E-state index in [4.69, 9.17) is 0 Å². The zero-order valence-electron chi connectivity index (χ0n) is 11.5. The van der Waals surface area contributed by atoms with Crippen molar-refractivity contribution in [3.63, 3.8) is 0 Å². The molecule has 1 amide bonds. The van der Waals surface area contributed by atoms with Crippen molar-refractivity contribution >= 4 is 15.9 Å². The molecule has 0 radical (unpaired) electrons. The average molecular weight is 318 g/mol. The lowest BCUT2D eigenvalue weighted by molar-refractivity contribution is -0.131. The molecular weight excluding hydrogens is 302 g/mol. The fourth-order valence-electron chi connectivity index (χ4n) is 2.21. The Bertz CT molecular complexity index is 643. The molecule has 1 heterocycles. The first-order chi connectivity index (χ1) is 9.81. The van der Waals surface area contributed by atoms with Crippen molar-refractivity contribution in [3.8, 4) is 0 Å². The number of benzene rings is 1. The minimum atomic E-state index is -4.08. The highest BCUT2D eigenvalue weighted by Gasteiger charge is 2.27. The van der Waals surface area contributed by atoms with Gasteiger partial charge >= 0.3 is 0 Å². The van der Waals surface area contributed by atoms with Gasteiger partial charge in [-0.05, 0) is 38.0 Å². The molecule has 0 spiro atoms. The van der Waals surface area contributed by atoms with Gasteiger partial charge in [0, 0.05) is 13.1 Å². The molecule has 1 saturated heterocycles. The number of nitrogens with zero attached hydrogens (tertiary/aromatic N) is 1. The van der Waals surface area contributed by atoms with Crippen LogP contribution in [0.4, 0.5) is 8.78 Å². The van der Waals surface area contributed by atoms with Crippen molar-refractivity contribution in [2.24, 2.45) is 0 Å². The lowest BCUT2D eigenvalue weighted by Gasteiger charge is -2.21. The second kappa shape index (κ2) is 6.07. The molecule has 1 unspecified atom stereocenters. The summed E-state index contributed by atoms with van der Waals surface area (Å²) in [5.74, 6) is -2.70. The molecular formula is C13H16F2N2O3S. The first-order valence-electron chi connectivity index (χ1n) is 6.57. The van der Waals surface area contributed by atoms with Gasteiger partial charge in [-0.1, -0.05) is 0 Å². The molecule has 21 heavy (non-hydrogen) atoms. The van der Waals surface area contributed by atoms with Crippen LogP contribution in [0.1, 0.15) is 19.8 Å². The molecule has 1 aromatic carbocycles. The molecule has 1 N–H and O–H groups in total. The first kappa shape index (κ1) is 15.8. The Morgan fingerprint density at radius 3 is 2.43 bits per heavy atom. The van der Waals surface area contributed by atoms with Crippen molar-refractivity contribution < 1.29 is 22.0 Å². The molecule has 0 bridgehead atoms. The lowest BCUT2D eigenvalue weighted by Crippen LogP contribution is -2.45. The van der Waals surface area contributed by atoms with Crippen LogP contribution >= 0.6 is 0 Å². The Morgan fingerprint density at radius 2 is 1.86 bits per heavy atom. The van der Waals surface area contributed by atoms with Gasteiger partial charge in [0.2, 0.25) is 15.9 Å². The number of hydrogen-bond acceptors (Lipinski definition) is 3. The minimum Gasteiger partial charge on any atom is -0.341 e. The number of nitrogens with one attached hydrogen (secondary N) is 1. The van der Waals surface area contributed by atoms with Crippen LogP contribution in [-0.2, 0) is 14.8 Å². The molecule has 0 saturated carbocycles. The minimum absolute atomic E-state index is 0.321. The van der Waals surface area contributed by atoms with E-state index in [0.717, 1.165) is 25.0 Å². The molecule has 1 fully saturated rings. The van der Waals surface area contributed by atoms with E-state index in [1.807, 2.05) is 0 Å². The second-order valence-corrected chi connectivity index (χ2v) is 6.67. The summed E-state index contributed by atoms with van der Waals surface area (Å²) < 4.78 is 52.2. The zero-order chi connectivity index (χ0) is 15.6. The predicted molar refractivity (Wildman–Crippen MR) is 72.0 cm³/mol. The van der Waals surface area contributed by atoms with Crippen molar-refractivity contribution in [2.75, 3.05) is 13.1 Å². The molecule has 1 aliphatic rings. The zero-order valence-corrected chi connectivity index (χ0v) is 12.3. The Kier molecular flexibility index (Phi) is 4.58. The average Bonchev–Trinajstić information content (AvgIpc) is 2.94. The largest absolute Gasteiger partial charge is 0.341 e. The van der Waals surface area contributed by atoms with Crippen LogP contribution in [0, 0.1) is 11.6 Å². The van der Waals surface area contributed by atoms with Gasteiger partial charge < -0.3 is 4.90 Å². The van der Waals surface area contributed by atoms with Gasteiger partial charge in [0.15, 0.2) is 11.6 Å². The summed E-state index contributed by atoms with van der Waals surface area (Å²) in [5, 5.41) is 0. The number of amides is 1. The lowest BCUT2D eigenvalue weighted by atomic mass is 10.3. The number of halogens is 2. The van der Waals surface area contributed by atoms with Crippen molar-refractivity contribution in [1.82, 2.24) is 9.62 Å². The molecule has 0 aliphatic carbocycles. The van der Waals surface area contributed by atoms with Crippen LogP contribution in [0.5, 0.6) is 0 Å². The molecule has 0 aromatic heterocycles. The smallest absolute Gasteiger partial charge is 0.241 e. The Balaban J connectivity index is 2.12. The summed E-state index contributed by atoms with van der Waals surface area (Å²) in [6.07, 6.45) is 1.79. The van der Waals surface area contributed by atoms with Crippen LogP contribution < -0.4 is 4.72 Å². The summed E-state index contributed by atoms with van der Waals surface area (Å²) in [6, 6.07) is 1.32. The third-order valence-corrected chi connectivity index (χ3v) is 4.86. The summed E-state index contributed by atoms with van der Waals surface area (Å²) >= 11 is 0. The van der Waals surface area contributed by atoms with Crippen LogP contribution in [0.25, 0.3) is 0 Å². The number of carbonyl (C=O) groups excluding carboxylic acids is 1. The normalized spacial score (nSPS) is 17.0. The Hall–Kier alpha value is -1.54. The number of rotatable bonds is 4. The van der Waals surface area contributed by atoms with Crippen molar-refractivity contribution in [2.45, 2.75) is 30.7 Å². The maximum absolute atomic E-state index is 13.1. The van der Waals surface area contributed by atoms with Gasteiger partial charge in [-0.25, -0.2) is 17.2 Å². The van der Waals surface area contributed by atoms with E-state index in [1.165, 1.54) is 6.92 Å². The Labute approximate surface area is 122 Å². The third kappa shape index (κ3) is 3.56. The summed E-state index contributed by atoms with van der Waals surface area (Å²) in [7, 11) is -4.08. The third-order valence-electron chi connectivity index (χ3n) is 3.32. The maximum atomic E-state index is 13.1. The number of likely N-dealkylation sites (tertiary alicyclic amines) is 1. The number of sulfonamides is 1. The van der Waals surface area contributed by atoms with Crippen molar-refractivity contribution in [3.05, 3.63) is 29.8 Å². The molecule has 1 atom stereocenters. The van der Waals surface area contributed by atoms with E-state index in [0.29, 0.717) is 19.2 Å². The number of hydrogen-bond donors (Lipinski definition) is 1. The molecule has 1 aliphatic heterocycles. The first-order valence-corrected chi connectivity index (χ1v) is 8.06. The van der Waals surface area contributed by atoms with Gasteiger partial charge in [-0.2, -0.15) is 4.72 Å². The monoisotopic (exact) mass is 318 g/mol. The maximum Gasteiger partial charge on any atom is 0.241 e. The van der Waals surface area contributed by atoms with Gasteiger partial charge in [-0.3, -0.25) is 4.79 Å². The standard InChI is InChI=1S/C13H16F2N2O3S/c1-9(13(18)17-6-2-3-7-17)16-21(19,20)10-4-5-11(14)12(15)8-10/h4-5,8-9,16H,2-3,6-7H2,1H3. The highest BCUT2D eigenvalue weighted by molar-refractivity contribution is 7.89. The van der Waals surface area contributed by atoms with Crippen LogP contribution in [0.15, 0.2) is 23.1 Å². The fraction of sp³-hybridized carbons (Fsp3) is 0.462. The van der Waals surface area contributed by atoms with Gasteiger partial charge in [0.25, 0.3) is 0 Å².